The van der Waals surface area contributed by atoms with Gasteiger partial charge in [-0.15, -0.1) is 0 Å². The molecule has 2 rings (SSSR count). The summed E-state index contributed by atoms with van der Waals surface area (Å²) in [7, 11) is 1.49. The summed E-state index contributed by atoms with van der Waals surface area (Å²) in [5.41, 5.74) is 6.71. The van der Waals surface area contributed by atoms with Gasteiger partial charge in [-0.25, -0.2) is 0 Å². The van der Waals surface area contributed by atoms with E-state index >= 15 is 0 Å². The fraction of sp³-hybridized carbons (Fsp3) is 0.0769. The van der Waals surface area contributed by atoms with Gasteiger partial charge in [-0.2, -0.15) is 0 Å². The number of amides is 1. The highest BCUT2D eigenvalue weighted by atomic mass is 16.5. The Balaban J connectivity index is 2.29. The van der Waals surface area contributed by atoms with Gasteiger partial charge >= 0.3 is 0 Å². The summed E-state index contributed by atoms with van der Waals surface area (Å²) in [5.74, 6) is -0.178. The quantitative estimate of drug-likeness (QED) is 0.728. The lowest BCUT2D eigenvalue weighted by molar-refractivity contribution is 0.102. The van der Waals surface area contributed by atoms with Crippen LogP contribution in [-0.2, 0) is 0 Å². The SMILES string of the molecule is COc1ccc(N)cc1NC(=O)c1ccncc1O. The van der Waals surface area contributed by atoms with Crippen molar-refractivity contribution in [3.05, 3.63) is 42.2 Å². The Morgan fingerprint density at radius 2 is 2.21 bits per heavy atom. The monoisotopic (exact) mass is 259 g/mol. The fourth-order valence-corrected chi connectivity index (χ4v) is 1.59. The molecular formula is C13H13N3O3. The van der Waals surface area contributed by atoms with Crippen LogP contribution in [0, 0.1) is 0 Å². The Labute approximate surface area is 109 Å². The van der Waals surface area contributed by atoms with Gasteiger partial charge in [0.05, 0.1) is 24.6 Å². The molecule has 4 N–H and O–H groups in total. The molecule has 1 aromatic heterocycles. The number of anilines is 2. The standard InChI is InChI=1S/C13H13N3O3/c1-19-12-3-2-8(14)6-10(12)16-13(18)9-4-5-15-7-11(9)17/h2-7,17H,14H2,1H3,(H,16,18). The van der Waals surface area contributed by atoms with Crippen LogP contribution in [-0.4, -0.2) is 23.1 Å². The summed E-state index contributed by atoms with van der Waals surface area (Å²) in [4.78, 5) is 15.7. The summed E-state index contributed by atoms with van der Waals surface area (Å²) in [6.07, 6.45) is 2.62. The van der Waals surface area contributed by atoms with Crippen LogP contribution >= 0.6 is 0 Å². The molecule has 1 heterocycles. The van der Waals surface area contributed by atoms with E-state index in [1.165, 1.54) is 25.6 Å². The van der Waals surface area contributed by atoms with Crippen molar-refractivity contribution in [3.8, 4) is 11.5 Å². The summed E-state index contributed by atoms with van der Waals surface area (Å²) in [6.45, 7) is 0. The highest BCUT2D eigenvalue weighted by molar-refractivity contribution is 6.06. The van der Waals surface area contributed by atoms with Crippen molar-refractivity contribution < 1.29 is 14.6 Å². The van der Waals surface area contributed by atoms with E-state index in [1.54, 1.807) is 18.2 Å². The van der Waals surface area contributed by atoms with Crippen molar-refractivity contribution in [1.29, 1.82) is 0 Å². The molecule has 0 spiro atoms. The lowest BCUT2D eigenvalue weighted by Gasteiger charge is -2.11. The van der Waals surface area contributed by atoms with Crippen LogP contribution in [0.4, 0.5) is 11.4 Å². The first-order chi connectivity index (χ1) is 9.11. The summed E-state index contributed by atoms with van der Waals surface area (Å²) in [5, 5.41) is 12.2. The van der Waals surface area contributed by atoms with Crippen molar-refractivity contribution in [2.75, 3.05) is 18.2 Å². The van der Waals surface area contributed by atoms with E-state index in [2.05, 4.69) is 10.3 Å². The average Bonchev–Trinajstić information content (AvgIpc) is 2.39. The molecule has 19 heavy (non-hydrogen) atoms. The normalized spacial score (nSPS) is 9.95. The lowest BCUT2D eigenvalue weighted by Crippen LogP contribution is -2.13. The maximum absolute atomic E-state index is 12.0. The summed E-state index contributed by atoms with van der Waals surface area (Å²) >= 11 is 0. The Morgan fingerprint density at radius 1 is 1.42 bits per heavy atom. The molecule has 2 aromatic rings. The van der Waals surface area contributed by atoms with E-state index in [0.29, 0.717) is 17.1 Å². The molecule has 0 aliphatic heterocycles. The maximum atomic E-state index is 12.0. The van der Waals surface area contributed by atoms with E-state index in [0.717, 1.165) is 0 Å². The van der Waals surface area contributed by atoms with Gasteiger partial charge in [0, 0.05) is 11.9 Å². The summed E-state index contributed by atoms with van der Waals surface area (Å²) < 4.78 is 5.12. The minimum Gasteiger partial charge on any atom is -0.505 e. The number of nitrogen functional groups attached to an aromatic ring is 1. The van der Waals surface area contributed by atoms with Gasteiger partial charge in [-0.3, -0.25) is 9.78 Å². The molecule has 0 unspecified atom stereocenters. The molecule has 6 nitrogen and oxygen atoms in total. The number of hydrogen-bond acceptors (Lipinski definition) is 5. The van der Waals surface area contributed by atoms with Crippen molar-refractivity contribution in [3.63, 3.8) is 0 Å². The molecule has 0 atom stereocenters. The number of benzene rings is 1. The smallest absolute Gasteiger partial charge is 0.259 e. The number of carbonyl (C=O) groups is 1. The molecule has 0 saturated heterocycles. The molecular weight excluding hydrogens is 246 g/mol. The van der Waals surface area contributed by atoms with Crippen LogP contribution in [0.5, 0.6) is 11.5 Å². The van der Waals surface area contributed by atoms with E-state index in [1.807, 2.05) is 0 Å². The van der Waals surface area contributed by atoms with Crippen LogP contribution in [0.1, 0.15) is 10.4 Å². The number of nitrogens with zero attached hydrogens (tertiary/aromatic N) is 1. The highest BCUT2D eigenvalue weighted by Crippen LogP contribution is 2.27. The van der Waals surface area contributed by atoms with Crippen LogP contribution in [0.2, 0.25) is 0 Å². The zero-order valence-electron chi connectivity index (χ0n) is 10.3. The topological polar surface area (TPSA) is 97.5 Å². The molecule has 0 fully saturated rings. The fourth-order valence-electron chi connectivity index (χ4n) is 1.59. The minimum atomic E-state index is -0.469. The number of pyridine rings is 1. The molecule has 0 radical (unpaired) electrons. The van der Waals surface area contributed by atoms with Crippen molar-refractivity contribution >= 4 is 17.3 Å². The van der Waals surface area contributed by atoms with Gasteiger partial charge in [0.25, 0.3) is 5.91 Å². The van der Waals surface area contributed by atoms with E-state index in [-0.39, 0.29) is 11.3 Å². The Hall–Kier alpha value is -2.76. The highest BCUT2D eigenvalue weighted by Gasteiger charge is 2.13. The molecule has 0 aliphatic rings. The first-order valence-electron chi connectivity index (χ1n) is 5.49. The van der Waals surface area contributed by atoms with Crippen molar-refractivity contribution in [2.45, 2.75) is 0 Å². The second-order valence-corrected chi connectivity index (χ2v) is 3.81. The van der Waals surface area contributed by atoms with Crippen LogP contribution in [0.3, 0.4) is 0 Å². The third-order valence-corrected chi connectivity index (χ3v) is 2.52. The third-order valence-electron chi connectivity index (χ3n) is 2.52. The predicted octanol–water partition coefficient (Wildman–Crippen LogP) is 1.63. The van der Waals surface area contributed by atoms with Crippen LogP contribution in [0.15, 0.2) is 36.7 Å². The first-order valence-corrected chi connectivity index (χ1v) is 5.49. The predicted molar refractivity (Wildman–Crippen MR) is 71.3 cm³/mol. The molecule has 98 valence electrons. The second-order valence-electron chi connectivity index (χ2n) is 3.81. The molecule has 0 aliphatic carbocycles. The molecule has 0 saturated carbocycles. The zero-order valence-corrected chi connectivity index (χ0v) is 10.3. The lowest BCUT2D eigenvalue weighted by atomic mass is 10.2. The number of aromatic nitrogens is 1. The van der Waals surface area contributed by atoms with Gasteiger partial charge in [-0.05, 0) is 24.3 Å². The van der Waals surface area contributed by atoms with E-state index < -0.39 is 5.91 Å². The number of ether oxygens (including phenoxy) is 1. The van der Waals surface area contributed by atoms with E-state index in [4.69, 9.17) is 10.5 Å². The average molecular weight is 259 g/mol. The van der Waals surface area contributed by atoms with Gasteiger partial charge in [0.15, 0.2) is 0 Å². The third kappa shape index (κ3) is 2.74. The first kappa shape index (κ1) is 12.7. The summed E-state index contributed by atoms with van der Waals surface area (Å²) in [6, 6.07) is 6.31. The number of methoxy groups -OCH3 is 1. The number of aromatic hydroxyl groups is 1. The van der Waals surface area contributed by atoms with Crippen LogP contribution < -0.4 is 15.8 Å². The minimum absolute atomic E-state index is 0.125. The molecule has 0 bridgehead atoms. The Bertz CT molecular complexity index is 614. The largest absolute Gasteiger partial charge is 0.505 e. The number of nitrogens with one attached hydrogen (secondary N) is 1. The van der Waals surface area contributed by atoms with Gasteiger partial charge in [0.2, 0.25) is 0 Å². The number of nitrogens with two attached hydrogens (primary N) is 1. The van der Waals surface area contributed by atoms with Gasteiger partial charge < -0.3 is 20.9 Å². The van der Waals surface area contributed by atoms with Crippen LogP contribution in [0.25, 0.3) is 0 Å². The molecule has 1 aromatic carbocycles. The zero-order chi connectivity index (χ0) is 13.8. The number of hydrogen-bond donors (Lipinski definition) is 3. The molecule has 6 heteroatoms. The number of carbonyl (C=O) groups excluding carboxylic acids is 1. The molecule has 1 amide bonds. The van der Waals surface area contributed by atoms with Gasteiger partial charge in [0.1, 0.15) is 11.5 Å². The second kappa shape index (κ2) is 5.26. The number of rotatable bonds is 3. The van der Waals surface area contributed by atoms with Crippen molar-refractivity contribution in [1.82, 2.24) is 4.98 Å². The van der Waals surface area contributed by atoms with Gasteiger partial charge in [-0.1, -0.05) is 0 Å². The van der Waals surface area contributed by atoms with E-state index in [9.17, 15) is 9.90 Å². The Morgan fingerprint density at radius 3 is 2.89 bits per heavy atom. The maximum Gasteiger partial charge on any atom is 0.259 e. The Kier molecular flexibility index (Phi) is 3.51. The van der Waals surface area contributed by atoms with Crippen molar-refractivity contribution in [2.24, 2.45) is 0 Å².